The van der Waals surface area contributed by atoms with Crippen molar-refractivity contribution in [1.82, 2.24) is 10.9 Å². The van der Waals surface area contributed by atoms with Crippen molar-refractivity contribution in [3.8, 4) is 0 Å². The summed E-state index contributed by atoms with van der Waals surface area (Å²) in [6, 6.07) is 5.68. The van der Waals surface area contributed by atoms with Crippen molar-refractivity contribution in [3.05, 3.63) is 29.3 Å². The normalized spacial score (nSPS) is 14.6. The number of carbonyl (C=O) groups is 3. The Balaban J connectivity index is 1.67. The second-order valence-electron chi connectivity index (χ2n) is 6.72. The highest BCUT2D eigenvalue weighted by atomic mass is 16.2. The third-order valence-electron chi connectivity index (χ3n) is 4.67. The molecule has 0 spiro atoms. The Morgan fingerprint density at radius 3 is 2.28 bits per heavy atom. The highest BCUT2D eigenvalue weighted by molar-refractivity contribution is 5.93. The quantitative estimate of drug-likeness (QED) is 0.717. The average Bonchev–Trinajstić information content (AvgIpc) is 2.61. The highest BCUT2D eigenvalue weighted by Crippen LogP contribution is 2.23. The highest BCUT2D eigenvalue weighted by Gasteiger charge is 2.21. The largest absolute Gasteiger partial charge is 0.326 e. The van der Waals surface area contributed by atoms with E-state index in [0.717, 1.165) is 42.5 Å². The number of carbonyl (C=O) groups excluding carboxylic acids is 3. The van der Waals surface area contributed by atoms with E-state index in [-0.39, 0.29) is 36.5 Å². The molecule has 6 heteroatoms. The van der Waals surface area contributed by atoms with Gasteiger partial charge in [-0.25, -0.2) is 0 Å². The van der Waals surface area contributed by atoms with Gasteiger partial charge in [0.15, 0.2) is 0 Å². The van der Waals surface area contributed by atoms with Crippen molar-refractivity contribution in [2.45, 2.75) is 58.8 Å². The van der Waals surface area contributed by atoms with Crippen molar-refractivity contribution < 1.29 is 14.4 Å². The second kappa shape index (κ2) is 9.20. The summed E-state index contributed by atoms with van der Waals surface area (Å²) in [4.78, 5) is 35.6. The summed E-state index contributed by atoms with van der Waals surface area (Å²) in [6.45, 7) is 3.99. The second-order valence-corrected chi connectivity index (χ2v) is 6.72. The SMILES string of the molecule is Cc1ccc(NC(=O)CCC(=O)NNC(=O)C2CCCCC2)cc1C. The number of hydrazine groups is 1. The maximum absolute atomic E-state index is 11.9. The Labute approximate surface area is 148 Å². The summed E-state index contributed by atoms with van der Waals surface area (Å²) in [5.74, 6) is -0.730. The van der Waals surface area contributed by atoms with E-state index in [2.05, 4.69) is 16.2 Å². The van der Waals surface area contributed by atoms with E-state index in [1.54, 1.807) is 0 Å². The summed E-state index contributed by atoms with van der Waals surface area (Å²) in [7, 11) is 0. The molecule has 25 heavy (non-hydrogen) atoms. The van der Waals surface area contributed by atoms with E-state index in [4.69, 9.17) is 0 Å². The van der Waals surface area contributed by atoms with E-state index in [1.165, 1.54) is 6.42 Å². The van der Waals surface area contributed by atoms with Crippen LogP contribution in [0.5, 0.6) is 0 Å². The zero-order valence-electron chi connectivity index (χ0n) is 15.0. The maximum atomic E-state index is 11.9. The van der Waals surface area contributed by atoms with Gasteiger partial charge in [-0.1, -0.05) is 25.3 Å². The Morgan fingerprint density at radius 2 is 1.60 bits per heavy atom. The lowest BCUT2D eigenvalue weighted by molar-refractivity contribution is -0.132. The third kappa shape index (κ3) is 6.21. The van der Waals surface area contributed by atoms with Crippen LogP contribution in [-0.2, 0) is 14.4 Å². The van der Waals surface area contributed by atoms with Crippen molar-refractivity contribution in [3.63, 3.8) is 0 Å². The number of benzene rings is 1. The van der Waals surface area contributed by atoms with Crippen LogP contribution in [0.25, 0.3) is 0 Å². The van der Waals surface area contributed by atoms with Crippen molar-refractivity contribution in [2.75, 3.05) is 5.32 Å². The molecule has 0 saturated heterocycles. The molecule has 3 amide bonds. The van der Waals surface area contributed by atoms with Crippen LogP contribution >= 0.6 is 0 Å². The Kier molecular flexibility index (Phi) is 6.98. The van der Waals surface area contributed by atoms with Crippen molar-refractivity contribution in [2.24, 2.45) is 5.92 Å². The minimum absolute atomic E-state index is 0.0119. The zero-order valence-corrected chi connectivity index (χ0v) is 15.0. The molecule has 136 valence electrons. The Bertz CT molecular complexity index is 637. The average molecular weight is 345 g/mol. The van der Waals surface area contributed by atoms with Crippen LogP contribution in [-0.4, -0.2) is 17.7 Å². The smallest absolute Gasteiger partial charge is 0.241 e. The number of nitrogens with one attached hydrogen (secondary N) is 3. The lowest BCUT2D eigenvalue weighted by Gasteiger charge is -2.20. The van der Waals surface area contributed by atoms with E-state index in [1.807, 2.05) is 32.0 Å². The van der Waals surface area contributed by atoms with Crippen LogP contribution in [0.15, 0.2) is 18.2 Å². The van der Waals surface area contributed by atoms with E-state index in [9.17, 15) is 14.4 Å². The molecule has 0 aromatic heterocycles. The molecule has 6 nitrogen and oxygen atoms in total. The van der Waals surface area contributed by atoms with Gasteiger partial charge in [-0.05, 0) is 49.9 Å². The number of anilines is 1. The molecule has 0 unspecified atom stereocenters. The monoisotopic (exact) mass is 345 g/mol. The molecule has 1 aliphatic carbocycles. The third-order valence-corrected chi connectivity index (χ3v) is 4.67. The number of rotatable bonds is 5. The molecule has 0 radical (unpaired) electrons. The number of amides is 3. The first-order valence-electron chi connectivity index (χ1n) is 8.91. The van der Waals surface area contributed by atoms with Gasteiger partial charge in [0, 0.05) is 24.4 Å². The molecule has 0 heterocycles. The lowest BCUT2D eigenvalue weighted by Crippen LogP contribution is -2.45. The van der Waals surface area contributed by atoms with Gasteiger partial charge >= 0.3 is 0 Å². The van der Waals surface area contributed by atoms with Crippen molar-refractivity contribution in [1.29, 1.82) is 0 Å². The Hall–Kier alpha value is -2.37. The topological polar surface area (TPSA) is 87.3 Å². The zero-order chi connectivity index (χ0) is 18.2. The molecule has 3 N–H and O–H groups in total. The fourth-order valence-electron chi connectivity index (χ4n) is 2.93. The number of hydrogen-bond donors (Lipinski definition) is 3. The summed E-state index contributed by atoms with van der Waals surface area (Å²) in [6.07, 6.45) is 5.14. The van der Waals surface area contributed by atoms with E-state index < -0.39 is 0 Å². The van der Waals surface area contributed by atoms with Gasteiger partial charge in [0.1, 0.15) is 0 Å². The molecule has 1 fully saturated rings. The van der Waals surface area contributed by atoms with Gasteiger partial charge in [-0.15, -0.1) is 0 Å². The first kappa shape index (κ1) is 19.0. The minimum Gasteiger partial charge on any atom is -0.326 e. The van der Waals surface area contributed by atoms with Crippen LogP contribution < -0.4 is 16.2 Å². The molecule has 0 bridgehead atoms. The molecule has 1 aromatic rings. The molecule has 1 aromatic carbocycles. The van der Waals surface area contributed by atoms with Gasteiger partial charge < -0.3 is 5.32 Å². The van der Waals surface area contributed by atoms with Gasteiger partial charge in [-0.2, -0.15) is 0 Å². The first-order chi connectivity index (χ1) is 12.0. The summed E-state index contributed by atoms with van der Waals surface area (Å²) >= 11 is 0. The standard InChI is InChI=1S/C19H27N3O3/c1-13-8-9-16(12-14(13)2)20-17(23)10-11-18(24)21-22-19(25)15-6-4-3-5-7-15/h8-9,12,15H,3-7,10-11H2,1-2H3,(H,20,23)(H,21,24)(H,22,25). The lowest BCUT2D eigenvalue weighted by atomic mass is 9.89. The molecule has 0 aliphatic heterocycles. The molecular formula is C19H27N3O3. The number of aryl methyl sites for hydroxylation is 2. The van der Waals surface area contributed by atoms with Crippen LogP contribution in [0.1, 0.15) is 56.1 Å². The summed E-state index contributed by atoms with van der Waals surface area (Å²) < 4.78 is 0. The Morgan fingerprint density at radius 1 is 0.920 bits per heavy atom. The molecule has 2 rings (SSSR count). The fraction of sp³-hybridized carbons (Fsp3) is 0.526. The van der Waals surface area contributed by atoms with E-state index in [0.29, 0.717) is 0 Å². The summed E-state index contributed by atoms with van der Waals surface area (Å²) in [5, 5.41) is 2.78. The fourth-order valence-corrected chi connectivity index (χ4v) is 2.93. The predicted octanol–water partition coefficient (Wildman–Crippen LogP) is 2.75. The van der Waals surface area contributed by atoms with E-state index >= 15 is 0 Å². The van der Waals surface area contributed by atoms with Crippen LogP contribution in [0.4, 0.5) is 5.69 Å². The van der Waals surface area contributed by atoms with Crippen molar-refractivity contribution >= 4 is 23.4 Å². The number of hydrogen-bond acceptors (Lipinski definition) is 3. The van der Waals surface area contributed by atoms with Gasteiger partial charge in [0.05, 0.1) is 0 Å². The summed E-state index contributed by atoms with van der Waals surface area (Å²) in [5.41, 5.74) is 7.84. The molecule has 1 aliphatic rings. The van der Waals surface area contributed by atoms with Crippen LogP contribution in [0.3, 0.4) is 0 Å². The first-order valence-corrected chi connectivity index (χ1v) is 8.91. The predicted molar refractivity (Wildman–Crippen MR) is 96.6 cm³/mol. The molecular weight excluding hydrogens is 318 g/mol. The molecule has 0 atom stereocenters. The maximum Gasteiger partial charge on any atom is 0.241 e. The van der Waals surface area contributed by atoms with Crippen LogP contribution in [0.2, 0.25) is 0 Å². The molecule has 1 saturated carbocycles. The minimum atomic E-state index is -0.362. The van der Waals surface area contributed by atoms with Crippen LogP contribution in [0, 0.1) is 19.8 Å². The van der Waals surface area contributed by atoms with Gasteiger partial charge in [-0.3, -0.25) is 25.2 Å². The van der Waals surface area contributed by atoms with Gasteiger partial charge in [0.2, 0.25) is 17.7 Å². The van der Waals surface area contributed by atoms with Gasteiger partial charge in [0.25, 0.3) is 0 Å².